The molecule has 0 aliphatic heterocycles. The van der Waals surface area contributed by atoms with Crippen LogP contribution in [0.5, 0.6) is 0 Å². The molecule has 3 N–H and O–H groups in total. The summed E-state index contributed by atoms with van der Waals surface area (Å²) in [6, 6.07) is 0.0122. The molecule has 1 aliphatic rings. The van der Waals surface area contributed by atoms with Crippen LogP contribution in [0.15, 0.2) is 0 Å². The van der Waals surface area contributed by atoms with Crippen molar-refractivity contribution < 1.29 is 4.79 Å². The summed E-state index contributed by atoms with van der Waals surface area (Å²) < 4.78 is 0. The SMILES string of the molecule is C#CCCCCNC(=O)C1(C)CCCC1N. The lowest BCUT2D eigenvalue weighted by molar-refractivity contribution is -0.130. The number of rotatable bonds is 5. The number of carbonyl (C=O) groups excluding carboxylic acids is 1. The molecule has 1 amide bonds. The lowest BCUT2D eigenvalue weighted by Crippen LogP contribution is -2.47. The maximum absolute atomic E-state index is 12.0. The lowest BCUT2D eigenvalue weighted by atomic mass is 9.84. The van der Waals surface area contributed by atoms with Gasteiger partial charge in [0.15, 0.2) is 0 Å². The lowest BCUT2D eigenvalue weighted by Gasteiger charge is -2.27. The highest BCUT2D eigenvalue weighted by Crippen LogP contribution is 2.36. The molecule has 0 aromatic carbocycles. The van der Waals surface area contributed by atoms with Gasteiger partial charge in [0.05, 0.1) is 5.41 Å². The third kappa shape index (κ3) is 2.99. The summed E-state index contributed by atoms with van der Waals surface area (Å²) in [7, 11) is 0. The van der Waals surface area contributed by atoms with Crippen molar-refractivity contribution in [1.82, 2.24) is 5.32 Å². The molecule has 1 fully saturated rings. The van der Waals surface area contributed by atoms with Crippen LogP contribution in [0, 0.1) is 17.8 Å². The Balaban J connectivity index is 2.27. The zero-order valence-corrected chi connectivity index (χ0v) is 10.1. The van der Waals surface area contributed by atoms with E-state index < -0.39 is 0 Å². The quantitative estimate of drug-likeness (QED) is 0.546. The largest absolute Gasteiger partial charge is 0.356 e. The summed E-state index contributed by atoms with van der Waals surface area (Å²) in [5.41, 5.74) is 5.62. The molecular formula is C13H22N2O. The fourth-order valence-corrected chi connectivity index (χ4v) is 2.23. The van der Waals surface area contributed by atoms with E-state index in [9.17, 15) is 4.79 Å². The molecule has 3 nitrogen and oxygen atoms in total. The van der Waals surface area contributed by atoms with Gasteiger partial charge in [-0.1, -0.05) is 6.42 Å². The van der Waals surface area contributed by atoms with Crippen LogP contribution < -0.4 is 11.1 Å². The minimum absolute atomic E-state index is 0.0122. The van der Waals surface area contributed by atoms with E-state index in [4.69, 9.17) is 12.2 Å². The first-order chi connectivity index (χ1) is 7.61. The third-order valence-electron chi connectivity index (χ3n) is 3.58. The van der Waals surface area contributed by atoms with E-state index in [1.165, 1.54) is 0 Å². The smallest absolute Gasteiger partial charge is 0.227 e. The average molecular weight is 222 g/mol. The van der Waals surface area contributed by atoms with Crippen LogP contribution in [0.2, 0.25) is 0 Å². The number of nitrogens with two attached hydrogens (primary N) is 1. The molecule has 3 heteroatoms. The molecule has 0 aromatic rings. The highest BCUT2D eigenvalue weighted by Gasteiger charge is 2.42. The van der Waals surface area contributed by atoms with Crippen molar-refractivity contribution in [2.45, 2.75) is 51.5 Å². The summed E-state index contributed by atoms with van der Waals surface area (Å²) in [5, 5.41) is 2.97. The molecule has 0 heterocycles. The molecule has 0 aromatic heterocycles. The second-order valence-corrected chi connectivity index (χ2v) is 4.83. The second kappa shape index (κ2) is 5.91. The zero-order chi connectivity index (χ0) is 12.0. The van der Waals surface area contributed by atoms with E-state index in [-0.39, 0.29) is 17.4 Å². The normalized spacial score (nSPS) is 28.7. The van der Waals surface area contributed by atoms with Crippen molar-refractivity contribution in [2.24, 2.45) is 11.1 Å². The van der Waals surface area contributed by atoms with Gasteiger partial charge >= 0.3 is 0 Å². The molecule has 0 saturated heterocycles. The van der Waals surface area contributed by atoms with Crippen LogP contribution in [0.4, 0.5) is 0 Å². The number of hydrogen-bond acceptors (Lipinski definition) is 2. The molecule has 1 aliphatic carbocycles. The predicted octanol–water partition coefficient (Wildman–Crippen LogP) is 1.42. The number of hydrogen-bond donors (Lipinski definition) is 2. The molecule has 16 heavy (non-hydrogen) atoms. The van der Waals surface area contributed by atoms with Gasteiger partial charge in [0.25, 0.3) is 0 Å². The molecule has 0 radical (unpaired) electrons. The predicted molar refractivity (Wildman–Crippen MR) is 65.6 cm³/mol. The minimum atomic E-state index is -0.355. The van der Waals surface area contributed by atoms with Gasteiger partial charge < -0.3 is 11.1 Å². The summed E-state index contributed by atoms with van der Waals surface area (Å²) >= 11 is 0. The Morgan fingerprint density at radius 1 is 1.62 bits per heavy atom. The van der Waals surface area contributed by atoms with Gasteiger partial charge in [-0.05, 0) is 32.6 Å². The Morgan fingerprint density at radius 2 is 2.38 bits per heavy atom. The van der Waals surface area contributed by atoms with E-state index in [2.05, 4.69) is 11.2 Å². The Kier molecular flexibility index (Phi) is 4.82. The number of amides is 1. The van der Waals surface area contributed by atoms with Crippen LogP contribution in [-0.4, -0.2) is 18.5 Å². The molecule has 90 valence electrons. The molecule has 2 unspecified atom stereocenters. The number of unbranched alkanes of at least 4 members (excludes halogenated alkanes) is 2. The van der Waals surface area contributed by atoms with Gasteiger partial charge in [0.1, 0.15) is 0 Å². The Labute approximate surface area is 98.2 Å². The van der Waals surface area contributed by atoms with E-state index in [1.807, 2.05) is 6.92 Å². The monoisotopic (exact) mass is 222 g/mol. The standard InChI is InChI=1S/C13H22N2O/c1-3-4-5-6-10-15-12(16)13(2)9-7-8-11(13)14/h1,11H,4-10,14H2,2H3,(H,15,16). The third-order valence-corrected chi connectivity index (χ3v) is 3.58. The van der Waals surface area contributed by atoms with Crippen LogP contribution in [0.1, 0.15) is 45.4 Å². The van der Waals surface area contributed by atoms with Crippen molar-refractivity contribution in [2.75, 3.05) is 6.54 Å². The van der Waals surface area contributed by atoms with Gasteiger partial charge in [0.2, 0.25) is 5.91 Å². The fourth-order valence-electron chi connectivity index (χ4n) is 2.23. The summed E-state index contributed by atoms with van der Waals surface area (Å²) in [6.45, 7) is 2.68. The topological polar surface area (TPSA) is 55.1 Å². The Hall–Kier alpha value is -1.01. The number of terminal acetylenes is 1. The molecule has 1 saturated carbocycles. The van der Waals surface area contributed by atoms with Gasteiger partial charge in [-0.3, -0.25) is 4.79 Å². The Bertz CT molecular complexity index is 282. The summed E-state index contributed by atoms with van der Waals surface area (Å²) in [4.78, 5) is 12.0. The molecule has 0 bridgehead atoms. The average Bonchev–Trinajstić information content (AvgIpc) is 2.60. The van der Waals surface area contributed by atoms with Gasteiger partial charge in [0, 0.05) is 19.0 Å². The second-order valence-electron chi connectivity index (χ2n) is 4.83. The summed E-state index contributed by atoms with van der Waals surface area (Å²) in [5.74, 6) is 2.70. The first kappa shape index (κ1) is 13.1. The van der Waals surface area contributed by atoms with Gasteiger partial charge in [-0.2, -0.15) is 0 Å². The van der Waals surface area contributed by atoms with Crippen LogP contribution in [0.25, 0.3) is 0 Å². The van der Waals surface area contributed by atoms with Crippen molar-refractivity contribution in [3.8, 4) is 12.3 Å². The first-order valence-corrected chi connectivity index (χ1v) is 6.08. The molecule has 0 spiro atoms. The van der Waals surface area contributed by atoms with Crippen LogP contribution in [-0.2, 0) is 4.79 Å². The van der Waals surface area contributed by atoms with Crippen molar-refractivity contribution in [1.29, 1.82) is 0 Å². The van der Waals surface area contributed by atoms with Crippen LogP contribution in [0.3, 0.4) is 0 Å². The molecule has 1 rings (SSSR count). The summed E-state index contributed by atoms with van der Waals surface area (Å²) in [6.07, 6.45) is 10.8. The van der Waals surface area contributed by atoms with E-state index in [0.29, 0.717) is 6.54 Å². The molecule has 2 atom stereocenters. The van der Waals surface area contributed by atoms with E-state index in [1.54, 1.807) is 0 Å². The number of carbonyl (C=O) groups is 1. The highest BCUT2D eigenvalue weighted by molar-refractivity contribution is 5.83. The van der Waals surface area contributed by atoms with E-state index >= 15 is 0 Å². The van der Waals surface area contributed by atoms with E-state index in [0.717, 1.165) is 38.5 Å². The minimum Gasteiger partial charge on any atom is -0.356 e. The van der Waals surface area contributed by atoms with Crippen molar-refractivity contribution in [3.05, 3.63) is 0 Å². The van der Waals surface area contributed by atoms with Gasteiger partial charge in [-0.25, -0.2) is 0 Å². The Morgan fingerprint density at radius 3 is 2.94 bits per heavy atom. The van der Waals surface area contributed by atoms with Crippen molar-refractivity contribution in [3.63, 3.8) is 0 Å². The first-order valence-electron chi connectivity index (χ1n) is 6.08. The van der Waals surface area contributed by atoms with Crippen molar-refractivity contribution >= 4 is 5.91 Å². The maximum atomic E-state index is 12.0. The highest BCUT2D eigenvalue weighted by atomic mass is 16.2. The van der Waals surface area contributed by atoms with Gasteiger partial charge in [-0.15, -0.1) is 12.3 Å². The fraction of sp³-hybridized carbons (Fsp3) is 0.769. The molecular weight excluding hydrogens is 200 g/mol. The van der Waals surface area contributed by atoms with Crippen LogP contribution >= 0.6 is 0 Å². The zero-order valence-electron chi connectivity index (χ0n) is 10.1. The maximum Gasteiger partial charge on any atom is 0.227 e. The number of nitrogens with one attached hydrogen (secondary N) is 1.